The monoisotopic (exact) mass is 441 g/mol. The second kappa shape index (κ2) is 10.5. The standard InChI is InChI=1S/C20H24ClNO6S/c1-4-22(5-2)29(24,25)19-14-15(6-11-18(19)26-3)20(23)28-13-12-27-17-9-7-16(21)8-10-17/h6-11,14H,4-5,12-13H2,1-3H3. The SMILES string of the molecule is CCN(CC)S(=O)(=O)c1cc(C(=O)OCCOc2ccc(Cl)cc2)ccc1OC. The van der Waals surface area contributed by atoms with E-state index in [4.69, 9.17) is 25.8 Å². The van der Waals surface area contributed by atoms with Crippen molar-refractivity contribution in [3.63, 3.8) is 0 Å². The van der Waals surface area contributed by atoms with Gasteiger partial charge in [-0.05, 0) is 42.5 Å². The number of carbonyl (C=O) groups excluding carboxylic acids is 1. The molecule has 0 aliphatic carbocycles. The molecule has 9 heteroatoms. The molecule has 0 radical (unpaired) electrons. The van der Waals surface area contributed by atoms with Crippen LogP contribution >= 0.6 is 11.6 Å². The maximum atomic E-state index is 12.9. The molecule has 7 nitrogen and oxygen atoms in total. The van der Waals surface area contributed by atoms with Gasteiger partial charge in [-0.25, -0.2) is 13.2 Å². The Morgan fingerprint density at radius 3 is 2.28 bits per heavy atom. The predicted octanol–water partition coefficient (Wildman–Crippen LogP) is 3.61. The molecule has 0 spiro atoms. The van der Waals surface area contributed by atoms with Crippen LogP contribution in [-0.4, -0.2) is 52.1 Å². The summed E-state index contributed by atoms with van der Waals surface area (Å²) in [6.07, 6.45) is 0. The predicted molar refractivity (Wildman–Crippen MR) is 110 cm³/mol. The molecule has 0 aliphatic heterocycles. The molecule has 0 fully saturated rings. The number of hydrogen-bond donors (Lipinski definition) is 0. The normalized spacial score (nSPS) is 11.3. The molecule has 2 aromatic carbocycles. The van der Waals surface area contributed by atoms with Crippen molar-refractivity contribution in [2.75, 3.05) is 33.4 Å². The average Bonchev–Trinajstić information content (AvgIpc) is 2.72. The summed E-state index contributed by atoms with van der Waals surface area (Å²) in [7, 11) is -2.42. The van der Waals surface area contributed by atoms with Crippen LogP contribution in [0.4, 0.5) is 0 Å². The van der Waals surface area contributed by atoms with Crippen LogP contribution in [0.25, 0.3) is 0 Å². The van der Waals surface area contributed by atoms with E-state index in [0.717, 1.165) is 0 Å². The van der Waals surface area contributed by atoms with E-state index in [2.05, 4.69) is 0 Å². The lowest BCUT2D eigenvalue weighted by Gasteiger charge is -2.20. The first-order valence-corrected chi connectivity index (χ1v) is 10.9. The van der Waals surface area contributed by atoms with Crippen molar-refractivity contribution in [3.05, 3.63) is 53.1 Å². The Morgan fingerprint density at radius 1 is 1.03 bits per heavy atom. The Hall–Kier alpha value is -2.29. The van der Waals surface area contributed by atoms with Gasteiger partial charge in [0.2, 0.25) is 10.0 Å². The number of sulfonamides is 1. The van der Waals surface area contributed by atoms with Gasteiger partial charge < -0.3 is 14.2 Å². The van der Waals surface area contributed by atoms with Crippen LogP contribution in [0.5, 0.6) is 11.5 Å². The van der Waals surface area contributed by atoms with Crippen LogP contribution in [0.2, 0.25) is 5.02 Å². The molecule has 0 amide bonds. The molecule has 0 atom stereocenters. The highest BCUT2D eigenvalue weighted by molar-refractivity contribution is 7.89. The molecule has 0 N–H and O–H groups in total. The van der Waals surface area contributed by atoms with Gasteiger partial charge in [-0.3, -0.25) is 0 Å². The average molecular weight is 442 g/mol. The number of benzene rings is 2. The number of carbonyl (C=O) groups is 1. The van der Waals surface area contributed by atoms with E-state index in [1.165, 1.54) is 29.6 Å². The number of methoxy groups -OCH3 is 1. The quantitative estimate of drug-likeness (QED) is 0.413. The Kier molecular flexibility index (Phi) is 8.31. The van der Waals surface area contributed by atoms with Crippen molar-refractivity contribution >= 4 is 27.6 Å². The molecule has 2 rings (SSSR count). The van der Waals surface area contributed by atoms with Gasteiger partial charge in [0, 0.05) is 18.1 Å². The maximum absolute atomic E-state index is 12.9. The lowest BCUT2D eigenvalue weighted by atomic mass is 10.2. The van der Waals surface area contributed by atoms with E-state index in [1.807, 2.05) is 0 Å². The minimum atomic E-state index is -3.80. The van der Waals surface area contributed by atoms with Gasteiger partial charge in [0.15, 0.2) is 0 Å². The molecule has 0 aromatic heterocycles. The summed E-state index contributed by atoms with van der Waals surface area (Å²) in [4.78, 5) is 12.3. The van der Waals surface area contributed by atoms with E-state index in [0.29, 0.717) is 23.9 Å². The van der Waals surface area contributed by atoms with Gasteiger partial charge >= 0.3 is 5.97 Å². The van der Waals surface area contributed by atoms with Crippen molar-refractivity contribution in [2.45, 2.75) is 18.7 Å². The van der Waals surface area contributed by atoms with Gasteiger partial charge in [-0.15, -0.1) is 0 Å². The van der Waals surface area contributed by atoms with Crippen molar-refractivity contribution in [2.24, 2.45) is 0 Å². The minimum Gasteiger partial charge on any atom is -0.495 e. The van der Waals surface area contributed by atoms with Crippen molar-refractivity contribution in [1.82, 2.24) is 4.31 Å². The zero-order chi connectivity index (χ0) is 21.4. The Balaban J connectivity index is 2.07. The van der Waals surface area contributed by atoms with E-state index < -0.39 is 16.0 Å². The third-order valence-electron chi connectivity index (χ3n) is 4.12. The third kappa shape index (κ3) is 5.85. The van der Waals surface area contributed by atoms with E-state index >= 15 is 0 Å². The van der Waals surface area contributed by atoms with Crippen LogP contribution in [0.15, 0.2) is 47.4 Å². The molecule has 2 aromatic rings. The lowest BCUT2D eigenvalue weighted by molar-refractivity contribution is 0.0450. The molecule has 0 unspecified atom stereocenters. The Bertz CT molecular complexity index is 926. The lowest BCUT2D eigenvalue weighted by Crippen LogP contribution is -2.31. The molecule has 0 aliphatic rings. The topological polar surface area (TPSA) is 82.1 Å². The van der Waals surface area contributed by atoms with Gasteiger partial charge in [0.05, 0.1) is 12.7 Å². The number of nitrogens with zero attached hydrogens (tertiary/aromatic N) is 1. The molecular weight excluding hydrogens is 418 g/mol. The fourth-order valence-electron chi connectivity index (χ4n) is 2.62. The summed E-state index contributed by atoms with van der Waals surface area (Å²) in [5.41, 5.74) is 0.114. The fraction of sp³-hybridized carbons (Fsp3) is 0.350. The highest BCUT2D eigenvalue weighted by atomic mass is 35.5. The second-order valence-electron chi connectivity index (χ2n) is 5.89. The minimum absolute atomic E-state index is 0.00557. The summed E-state index contributed by atoms with van der Waals surface area (Å²) in [6.45, 7) is 4.25. The number of ether oxygens (including phenoxy) is 3. The first-order chi connectivity index (χ1) is 13.8. The number of esters is 1. The summed E-state index contributed by atoms with van der Waals surface area (Å²) in [5.74, 6) is 0.116. The first kappa shape index (κ1) is 23.0. The van der Waals surface area contributed by atoms with Gasteiger partial charge in [-0.1, -0.05) is 25.4 Å². The summed E-state index contributed by atoms with van der Waals surface area (Å²) >= 11 is 5.81. The fourth-order valence-corrected chi connectivity index (χ4v) is 4.38. The maximum Gasteiger partial charge on any atom is 0.338 e. The number of hydrogen-bond acceptors (Lipinski definition) is 6. The highest BCUT2D eigenvalue weighted by Gasteiger charge is 2.27. The van der Waals surface area contributed by atoms with Crippen molar-refractivity contribution < 1.29 is 27.4 Å². The smallest absolute Gasteiger partial charge is 0.338 e. The molecule has 29 heavy (non-hydrogen) atoms. The van der Waals surface area contributed by atoms with E-state index in [9.17, 15) is 13.2 Å². The molecular formula is C20H24ClNO6S. The zero-order valence-electron chi connectivity index (χ0n) is 16.6. The number of halogens is 1. The van der Waals surface area contributed by atoms with Gasteiger partial charge in [-0.2, -0.15) is 4.31 Å². The van der Waals surface area contributed by atoms with Crippen LogP contribution in [0.1, 0.15) is 24.2 Å². The Morgan fingerprint density at radius 2 is 1.69 bits per heavy atom. The van der Waals surface area contributed by atoms with E-state index in [-0.39, 0.29) is 29.4 Å². The largest absolute Gasteiger partial charge is 0.495 e. The summed E-state index contributed by atoms with van der Waals surface area (Å²) < 4.78 is 42.8. The van der Waals surface area contributed by atoms with Crippen molar-refractivity contribution in [1.29, 1.82) is 0 Å². The molecule has 0 saturated carbocycles. The first-order valence-electron chi connectivity index (χ1n) is 9.07. The number of rotatable bonds is 10. The molecule has 0 saturated heterocycles. The van der Waals surface area contributed by atoms with Crippen LogP contribution < -0.4 is 9.47 Å². The van der Waals surface area contributed by atoms with Crippen molar-refractivity contribution in [3.8, 4) is 11.5 Å². The van der Waals surface area contributed by atoms with Crippen LogP contribution in [-0.2, 0) is 14.8 Å². The molecule has 0 bridgehead atoms. The summed E-state index contributed by atoms with van der Waals surface area (Å²) in [5, 5.41) is 0.596. The summed E-state index contributed by atoms with van der Waals surface area (Å²) in [6, 6.07) is 11.0. The highest BCUT2D eigenvalue weighted by Crippen LogP contribution is 2.28. The Labute approximate surface area is 176 Å². The van der Waals surface area contributed by atoms with Crippen LogP contribution in [0.3, 0.4) is 0 Å². The molecule has 0 heterocycles. The van der Waals surface area contributed by atoms with E-state index in [1.54, 1.807) is 38.1 Å². The third-order valence-corrected chi connectivity index (χ3v) is 6.44. The van der Waals surface area contributed by atoms with Gasteiger partial charge in [0.1, 0.15) is 29.6 Å². The molecule has 158 valence electrons. The van der Waals surface area contributed by atoms with Gasteiger partial charge in [0.25, 0.3) is 0 Å². The second-order valence-corrected chi connectivity index (χ2v) is 8.24. The van der Waals surface area contributed by atoms with Crippen LogP contribution in [0, 0.1) is 0 Å². The zero-order valence-corrected chi connectivity index (χ0v) is 18.1.